The van der Waals surface area contributed by atoms with Gasteiger partial charge in [0.15, 0.2) is 0 Å². The molecule has 0 unspecified atom stereocenters. The number of benzene rings is 1. The lowest BCUT2D eigenvalue weighted by atomic mass is 10.2. The van der Waals surface area contributed by atoms with Crippen LogP contribution in [0.25, 0.3) is 0 Å². The van der Waals surface area contributed by atoms with Gasteiger partial charge in [0, 0.05) is 17.8 Å². The second kappa shape index (κ2) is 6.81. The van der Waals surface area contributed by atoms with Crippen molar-refractivity contribution >= 4 is 23.7 Å². The molecule has 2 rings (SSSR count). The molecule has 0 radical (unpaired) electrons. The lowest BCUT2D eigenvalue weighted by molar-refractivity contribution is -0.121. The summed E-state index contributed by atoms with van der Waals surface area (Å²) in [4.78, 5) is 23.0. The summed E-state index contributed by atoms with van der Waals surface area (Å²) < 4.78 is 14.7. The maximum absolute atomic E-state index is 13.4. The number of pyridine rings is 1. The van der Waals surface area contributed by atoms with E-state index >= 15 is 0 Å². The third-order valence-corrected chi connectivity index (χ3v) is 2.93. The van der Waals surface area contributed by atoms with Crippen LogP contribution in [0.1, 0.15) is 5.56 Å². The summed E-state index contributed by atoms with van der Waals surface area (Å²) in [6.45, 7) is -0.179. The van der Waals surface area contributed by atoms with Crippen molar-refractivity contribution in [3.05, 3.63) is 69.4 Å². The number of carbonyl (C=O) groups is 1. The molecule has 0 aliphatic heterocycles. The molecule has 0 aliphatic rings. The fourth-order valence-corrected chi connectivity index (χ4v) is 1.80. The van der Waals surface area contributed by atoms with E-state index in [9.17, 15) is 14.0 Å². The van der Waals surface area contributed by atoms with E-state index in [1.807, 2.05) is 0 Å². The summed E-state index contributed by atoms with van der Waals surface area (Å²) in [6, 6.07) is 8.77. The number of hydrogen-bond acceptors (Lipinski definition) is 3. The Kier molecular flexibility index (Phi) is 4.84. The zero-order valence-electron chi connectivity index (χ0n) is 10.8. The molecule has 2 aromatic rings. The van der Waals surface area contributed by atoms with Crippen molar-refractivity contribution in [2.75, 3.05) is 0 Å². The third kappa shape index (κ3) is 4.00. The summed E-state index contributed by atoms with van der Waals surface area (Å²) in [5, 5.41) is 3.81. The van der Waals surface area contributed by atoms with Gasteiger partial charge in [-0.25, -0.2) is 9.82 Å². The van der Waals surface area contributed by atoms with Crippen LogP contribution in [0.15, 0.2) is 52.5 Å². The van der Waals surface area contributed by atoms with Crippen LogP contribution >= 0.6 is 11.6 Å². The quantitative estimate of drug-likeness (QED) is 0.691. The molecular weight excluding hydrogens is 297 g/mol. The molecule has 1 amide bonds. The van der Waals surface area contributed by atoms with Crippen LogP contribution in [-0.4, -0.2) is 16.7 Å². The number of rotatable bonds is 4. The highest BCUT2D eigenvalue weighted by Crippen LogP contribution is 2.16. The van der Waals surface area contributed by atoms with E-state index in [0.29, 0.717) is 0 Å². The number of nitrogens with one attached hydrogen (secondary N) is 1. The Morgan fingerprint density at radius 3 is 2.86 bits per heavy atom. The summed E-state index contributed by atoms with van der Waals surface area (Å²) in [5.41, 5.74) is 1.99. The Labute approximate surface area is 124 Å². The fraction of sp³-hybridized carbons (Fsp3) is 0.0714. The third-order valence-electron chi connectivity index (χ3n) is 2.60. The van der Waals surface area contributed by atoms with Gasteiger partial charge in [0.25, 0.3) is 11.5 Å². The van der Waals surface area contributed by atoms with Crippen molar-refractivity contribution in [3.63, 3.8) is 0 Å². The molecule has 0 bridgehead atoms. The highest BCUT2D eigenvalue weighted by molar-refractivity contribution is 6.33. The van der Waals surface area contributed by atoms with E-state index < -0.39 is 11.7 Å². The molecule has 0 spiro atoms. The smallest absolute Gasteiger partial charge is 0.260 e. The number of nitrogens with zero attached hydrogens (tertiary/aromatic N) is 2. The molecule has 1 N–H and O–H groups in total. The van der Waals surface area contributed by atoms with Crippen LogP contribution in [0.4, 0.5) is 4.39 Å². The Bertz CT molecular complexity index is 723. The first-order chi connectivity index (χ1) is 10.1. The number of amides is 1. The minimum atomic E-state index is -0.542. The van der Waals surface area contributed by atoms with E-state index in [-0.39, 0.29) is 22.7 Å². The largest absolute Gasteiger partial charge is 0.306 e. The zero-order valence-corrected chi connectivity index (χ0v) is 11.5. The van der Waals surface area contributed by atoms with Gasteiger partial charge in [0.1, 0.15) is 12.4 Å². The van der Waals surface area contributed by atoms with Gasteiger partial charge in [-0.05, 0) is 18.2 Å². The molecule has 1 aromatic carbocycles. The topological polar surface area (TPSA) is 63.5 Å². The fourth-order valence-electron chi connectivity index (χ4n) is 1.58. The van der Waals surface area contributed by atoms with Crippen LogP contribution in [0.3, 0.4) is 0 Å². The normalized spacial score (nSPS) is 10.8. The number of aromatic nitrogens is 1. The molecule has 0 saturated heterocycles. The average Bonchev–Trinajstić information content (AvgIpc) is 2.45. The minimum Gasteiger partial charge on any atom is -0.306 e. The summed E-state index contributed by atoms with van der Waals surface area (Å²) in [7, 11) is 0. The highest BCUT2D eigenvalue weighted by Gasteiger charge is 2.05. The standard InChI is InChI=1S/C14H11ClFN3O2/c15-11-4-3-5-12(16)10(11)8-17-18-13(20)9-19-7-2-1-6-14(19)21/h1-8H,9H2,(H,18,20)/b17-8-. The first-order valence-electron chi connectivity index (χ1n) is 5.99. The first kappa shape index (κ1) is 14.9. The van der Waals surface area contributed by atoms with E-state index in [0.717, 1.165) is 6.21 Å². The van der Waals surface area contributed by atoms with Crippen LogP contribution in [-0.2, 0) is 11.3 Å². The number of hydrogen-bond donors (Lipinski definition) is 1. The maximum Gasteiger partial charge on any atom is 0.260 e. The maximum atomic E-state index is 13.4. The monoisotopic (exact) mass is 307 g/mol. The lowest BCUT2D eigenvalue weighted by Crippen LogP contribution is -2.29. The van der Waals surface area contributed by atoms with Crippen molar-refractivity contribution < 1.29 is 9.18 Å². The molecule has 7 heteroatoms. The molecule has 0 aliphatic carbocycles. The van der Waals surface area contributed by atoms with Gasteiger partial charge < -0.3 is 4.57 Å². The van der Waals surface area contributed by atoms with Gasteiger partial charge in [0.05, 0.1) is 11.2 Å². The van der Waals surface area contributed by atoms with Gasteiger partial charge >= 0.3 is 0 Å². The van der Waals surface area contributed by atoms with Crippen molar-refractivity contribution in [2.45, 2.75) is 6.54 Å². The van der Waals surface area contributed by atoms with Crippen molar-refractivity contribution in [1.29, 1.82) is 0 Å². The molecule has 0 atom stereocenters. The van der Waals surface area contributed by atoms with Crippen LogP contribution in [0, 0.1) is 5.82 Å². The summed E-state index contributed by atoms with van der Waals surface area (Å²) >= 11 is 5.81. The van der Waals surface area contributed by atoms with Gasteiger partial charge in [-0.15, -0.1) is 0 Å². The van der Waals surface area contributed by atoms with Crippen molar-refractivity contribution in [3.8, 4) is 0 Å². The Morgan fingerprint density at radius 2 is 2.14 bits per heavy atom. The zero-order chi connectivity index (χ0) is 15.2. The molecule has 108 valence electrons. The van der Waals surface area contributed by atoms with E-state index in [1.54, 1.807) is 12.1 Å². The Hall–Kier alpha value is -2.47. The Balaban J connectivity index is 2.00. The number of hydrazone groups is 1. The van der Waals surface area contributed by atoms with E-state index in [2.05, 4.69) is 10.5 Å². The van der Waals surface area contributed by atoms with Gasteiger partial charge in [0.2, 0.25) is 0 Å². The van der Waals surface area contributed by atoms with Crippen LogP contribution in [0.2, 0.25) is 5.02 Å². The lowest BCUT2D eigenvalue weighted by Gasteiger charge is -2.03. The first-order valence-corrected chi connectivity index (χ1v) is 6.37. The second-order valence-corrected chi connectivity index (χ2v) is 4.50. The summed E-state index contributed by atoms with van der Waals surface area (Å²) in [6.07, 6.45) is 2.60. The van der Waals surface area contributed by atoms with E-state index in [1.165, 1.54) is 35.0 Å². The molecular formula is C14H11ClFN3O2. The van der Waals surface area contributed by atoms with E-state index in [4.69, 9.17) is 11.6 Å². The van der Waals surface area contributed by atoms with Crippen molar-refractivity contribution in [1.82, 2.24) is 9.99 Å². The van der Waals surface area contributed by atoms with Gasteiger partial charge in [-0.1, -0.05) is 23.7 Å². The highest BCUT2D eigenvalue weighted by atomic mass is 35.5. The van der Waals surface area contributed by atoms with Crippen molar-refractivity contribution in [2.24, 2.45) is 5.10 Å². The number of carbonyl (C=O) groups excluding carboxylic acids is 1. The minimum absolute atomic E-state index is 0.0799. The predicted octanol–water partition coefficient (Wildman–Crippen LogP) is 1.79. The molecule has 1 heterocycles. The SMILES string of the molecule is O=C(Cn1ccccc1=O)N/N=C\c1c(F)cccc1Cl. The number of halogens is 2. The molecule has 0 saturated carbocycles. The predicted molar refractivity (Wildman–Crippen MR) is 77.8 cm³/mol. The average molecular weight is 308 g/mol. The van der Waals surface area contributed by atoms with Gasteiger partial charge in [-0.3, -0.25) is 9.59 Å². The van der Waals surface area contributed by atoms with Gasteiger partial charge in [-0.2, -0.15) is 5.10 Å². The molecule has 5 nitrogen and oxygen atoms in total. The Morgan fingerprint density at radius 1 is 1.33 bits per heavy atom. The van der Waals surface area contributed by atoms with Crippen LogP contribution in [0.5, 0.6) is 0 Å². The molecule has 21 heavy (non-hydrogen) atoms. The second-order valence-electron chi connectivity index (χ2n) is 4.10. The molecule has 1 aromatic heterocycles. The summed E-state index contributed by atoms with van der Waals surface area (Å²) in [5.74, 6) is -1.05. The van der Waals surface area contributed by atoms with Crippen LogP contribution < -0.4 is 11.0 Å². The molecule has 0 fully saturated rings.